The molecule has 0 spiro atoms. The summed E-state index contributed by atoms with van der Waals surface area (Å²) in [6, 6.07) is 2.07. The maximum Gasteiger partial charge on any atom is 0.226 e. The Labute approximate surface area is 121 Å². The van der Waals surface area contributed by atoms with E-state index < -0.39 is 0 Å². The normalized spacial score (nSPS) is 10.9. The summed E-state index contributed by atoms with van der Waals surface area (Å²) in [5, 5.41) is 8.07. The Hall–Kier alpha value is -1.20. The van der Waals surface area contributed by atoms with Crippen LogP contribution in [0, 0.1) is 6.92 Å². The number of aryl methyl sites for hydroxylation is 1. The lowest BCUT2D eigenvalue weighted by atomic mass is 10.2. The first-order valence-corrected chi connectivity index (χ1v) is 8.06. The zero-order valence-corrected chi connectivity index (χ0v) is 13.0. The zero-order valence-electron chi connectivity index (χ0n) is 11.4. The Morgan fingerprint density at radius 1 is 1.42 bits per heavy atom. The predicted molar refractivity (Wildman–Crippen MR) is 80.8 cm³/mol. The lowest BCUT2D eigenvalue weighted by Gasteiger charge is -2.03. The highest BCUT2D eigenvalue weighted by molar-refractivity contribution is 7.10. The highest BCUT2D eigenvalue weighted by Gasteiger charge is 2.10. The number of hydrogen-bond acceptors (Lipinski definition) is 4. The molecule has 3 nitrogen and oxygen atoms in total. The van der Waals surface area contributed by atoms with Gasteiger partial charge in [-0.15, -0.1) is 22.7 Å². The molecule has 2 aromatic heterocycles. The number of carbonyl (C=O) groups is 1. The Bertz CT molecular complexity index is 557. The van der Waals surface area contributed by atoms with Crippen LogP contribution in [-0.2, 0) is 17.8 Å². The fourth-order valence-electron chi connectivity index (χ4n) is 1.66. The van der Waals surface area contributed by atoms with Gasteiger partial charge in [0.05, 0.1) is 23.7 Å². The number of aromatic nitrogens is 1. The summed E-state index contributed by atoms with van der Waals surface area (Å²) in [6.45, 7) is 6.90. The number of nitrogens with one attached hydrogen (secondary N) is 1. The maximum absolute atomic E-state index is 11.9. The maximum atomic E-state index is 11.9. The topological polar surface area (TPSA) is 42.0 Å². The largest absolute Gasteiger partial charge is 0.351 e. The summed E-state index contributed by atoms with van der Waals surface area (Å²) in [5.74, 6) is 0.462. The van der Waals surface area contributed by atoms with Crippen LogP contribution in [0.4, 0.5) is 0 Å². The summed E-state index contributed by atoms with van der Waals surface area (Å²) in [4.78, 5) is 17.5. The monoisotopic (exact) mass is 294 g/mol. The third-order valence-corrected chi connectivity index (χ3v) is 5.04. The molecule has 0 saturated carbocycles. The number of carbonyl (C=O) groups excluding carboxylic acids is 1. The first-order valence-electron chi connectivity index (χ1n) is 6.30. The fraction of sp³-hybridized carbons (Fsp3) is 0.429. The van der Waals surface area contributed by atoms with Crippen molar-refractivity contribution in [2.24, 2.45) is 0 Å². The summed E-state index contributed by atoms with van der Waals surface area (Å²) < 4.78 is 0. The molecule has 0 aliphatic carbocycles. The third kappa shape index (κ3) is 3.88. The number of thiophene rings is 1. The molecule has 19 heavy (non-hydrogen) atoms. The van der Waals surface area contributed by atoms with Gasteiger partial charge in [-0.2, -0.15) is 0 Å². The molecule has 0 aromatic carbocycles. The molecular formula is C14H18N2OS2. The molecule has 0 fully saturated rings. The van der Waals surface area contributed by atoms with Crippen molar-refractivity contribution in [2.75, 3.05) is 0 Å². The number of rotatable bonds is 5. The van der Waals surface area contributed by atoms with Crippen molar-refractivity contribution in [1.82, 2.24) is 10.3 Å². The highest BCUT2D eigenvalue weighted by atomic mass is 32.1. The lowest BCUT2D eigenvalue weighted by molar-refractivity contribution is -0.120. The van der Waals surface area contributed by atoms with E-state index in [1.54, 1.807) is 22.7 Å². The van der Waals surface area contributed by atoms with Gasteiger partial charge in [-0.25, -0.2) is 4.98 Å². The Kier molecular flexibility index (Phi) is 4.71. The van der Waals surface area contributed by atoms with E-state index in [9.17, 15) is 4.79 Å². The standard InChI is InChI=1S/C14H18N2OS2/c1-9(2)14-16-11(8-19-14)6-13(17)15-7-12-10(3)4-5-18-12/h4-5,8-9H,6-7H2,1-3H3,(H,15,17). The summed E-state index contributed by atoms with van der Waals surface area (Å²) in [6.07, 6.45) is 0.369. The quantitative estimate of drug-likeness (QED) is 0.917. The van der Waals surface area contributed by atoms with E-state index >= 15 is 0 Å². The van der Waals surface area contributed by atoms with E-state index in [1.807, 2.05) is 10.8 Å². The van der Waals surface area contributed by atoms with E-state index in [2.05, 4.69) is 37.1 Å². The number of amides is 1. The van der Waals surface area contributed by atoms with Crippen LogP contribution in [0.2, 0.25) is 0 Å². The van der Waals surface area contributed by atoms with E-state index in [0.717, 1.165) is 10.7 Å². The summed E-state index contributed by atoms with van der Waals surface area (Å²) in [5.41, 5.74) is 2.11. The average Bonchev–Trinajstić information content (AvgIpc) is 2.96. The highest BCUT2D eigenvalue weighted by Crippen LogP contribution is 2.19. The minimum atomic E-state index is 0.0356. The van der Waals surface area contributed by atoms with E-state index in [1.165, 1.54) is 10.4 Å². The third-order valence-electron chi connectivity index (χ3n) is 2.82. The van der Waals surface area contributed by atoms with Gasteiger partial charge in [0, 0.05) is 16.2 Å². The van der Waals surface area contributed by atoms with Crippen LogP contribution >= 0.6 is 22.7 Å². The van der Waals surface area contributed by atoms with Gasteiger partial charge in [0.1, 0.15) is 0 Å². The van der Waals surface area contributed by atoms with Gasteiger partial charge in [0.15, 0.2) is 0 Å². The number of nitrogens with zero attached hydrogens (tertiary/aromatic N) is 1. The number of hydrogen-bond donors (Lipinski definition) is 1. The lowest BCUT2D eigenvalue weighted by Crippen LogP contribution is -2.24. The van der Waals surface area contributed by atoms with Crippen molar-refractivity contribution < 1.29 is 4.79 Å². The average molecular weight is 294 g/mol. The molecule has 0 saturated heterocycles. The van der Waals surface area contributed by atoms with Crippen molar-refractivity contribution in [3.63, 3.8) is 0 Å². The fourth-order valence-corrected chi connectivity index (χ4v) is 3.34. The second-order valence-electron chi connectivity index (χ2n) is 4.81. The Balaban J connectivity index is 1.85. The van der Waals surface area contributed by atoms with E-state index in [4.69, 9.17) is 0 Å². The molecule has 0 radical (unpaired) electrons. The van der Waals surface area contributed by atoms with Crippen molar-refractivity contribution in [1.29, 1.82) is 0 Å². The molecule has 0 bridgehead atoms. The van der Waals surface area contributed by atoms with Gasteiger partial charge in [0.25, 0.3) is 0 Å². The van der Waals surface area contributed by atoms with Crippen LogP contribution in [0.3, 0.4) is 0 Å². The molecule has 5 heteroatoms. The first kappa shape index (κ1) is 14.2. The van der Waals surface area contributed by atoms with Gasteiger partial charge in [-0.3, -0.25) is 4.79 Å². The molecular weight excluding hydrogens is 276 g/mol. The minimum Gasteiger partial charge on any atom is -0.351 e. The second-order valence-corrected chi connectivity index (χ2v) is 6.70. The van der Waals surface area contributed by atoms with Crippen molar-refractivity contribution in [3.05, 3.63) is 38.0 Å². The zero-order chi connectivity index (χ0) is 13.8. The molecule has 0 unspecified atom stereocenters. The SMILES string of the molecule is Cc1ccsc1CNC(=O)Cc1csc(C(C)C)n1. The molecule has 1 amide bonds. The van der Waals surface area contributed by atoms with Crippen LogP contribution in [0.25, 0.3) is 0 Å². The molecule has 2 heterocycles. The van der Waals surface area contributed by atoms with Gasteiger partial charge in [-0.05, 0) is 23.9 Å². The van der Waals surface area contributed by atoms with Gasteiger partial charge >= 0.3 is 0 Å². The molecule has 2 rings (SSSR count). The number of thiazole rings is 1. The van der Waals surface area contributed by atoms with E-state index in [-0.39, 0.29) is 5.91 Å². The Morgan fingerprint density at radius 2 is 2.21 bits per heavy atom. The van der Waals surface area contributed by atoms with Crippen molar-refractivity contribution in [3.8, 4) is 0 Å². The molecule has 0 aliphatic rings. The van der Waals surface area contributed by atoms with Crippen molar-refractivity contribution in [2.45, 2.75) is 39.7 Å². The van der Waals surface area contributed by atoms with Gasteiger partial charge < -0.3 is 5.32 Å². The minimum absolute atomic E-state index is 0.0356. The summed E-state index contributed by atoms with van der Waals surface area (Å²) >= 11 is 3.31. The smallest absolute Gasteiger partial charge is 0.226 e. The molecule has 0 atom stereocenters. The first-order chi connectivity index (χ1) is 9.06. The van der Waals surface area contributed by atoms with Crippen LogP contribution < -0.4 is 5.32 Å². The van der Waals surface area contributed by atoms with Gasteiger partial charge in [-0.1, -0.05) is 13.8 Å². The van der Waals surface area contributed by atoms with Crippen LogP contribution in [0.5, 0.6) is 0 Å². The van der Waals surface area contributed by atoms with Crippen LogP contribution in [0.15, 0.2) is 16.8 Å². The second kappa shape index (κ2) is 6.30. The van der Waals surface area contributed by atoms with Crippen LogP contribution in [-0.4, -0.2) is 10.9 Å². The summed E-state index contributed by atoms with van der Waals surface area (Å²) in [7, 11) is 0. The predicted octanol–water partition coefficient (Wildman–Crippen LogP) is 3.50. The molecule has 102 valence electrons. The van der Waals surface area contributed by atoms with E-state index in [0.29, 0.717) is 18.9 Å². The molecule has 1 N–H and O–H groups in total. The van der Waals surface area contributed by atoms with Crippen molar-refractivity contribution >= 4 is 28.6 Å². The van der Waals surface area contributed by atoms with Crippen LogP contribution in [0.1, 0.15) is 40.9 Å². The Morgan fingerprint density at radius 3 is 2.79 bits per heavy atom. The molecule has 0 aliphatic heterocycles. The van der Waals surface area contributed by atoms with Gasteiger partial charge in [0.2, 0.25) is 5.91 Å². The molecule has 2 aromatic rings.